The van der Waals surface area contributed by atoms with E-state index in [9.17, 15) is 4.79 Å². The van der Waals surface area contributed by atoms with E-state index < -0.39 is 0 Å². The van der Waals surface area contributed by atoms with E-state index in [1.807, 2.05) is 60.7 Å². The van der Waals surface area contributed by atoms with Crippen molar-refractivity contribution in [2.75, 3.05) is 12.2 Å². The van der Waals surface area contributed by atoms with Crippen molar-refractivity contribution in [2.45, 2.75) is 13.0 Å². The van der Waals surface area contributed by atoms with E-state index in [2.05, 4.69) is 0 Å². The number of nitrogens with zero attached hydrogens (tertiary/aromatic N) is 1. The number of allylic oxidation sites excluding steroid dienone is 1. The summed E-state index contributed by atoms with van der Waals surface area (Å²) in [5.74, 6) is 1.08. The normalized spacial score (nSPS) is 16.9. The van der Waals surface area contributed by atoms with Crippen molar-refractivity contribution >= 4 is 11.5 Å². The summed E-state index contributed by atoms with van der Waals surface area (Å²) in [6.45, 7) is 1.51. The fraction of sp³-hybridized carbons (Fsp3) is 0.167. The zero-order chi connectivity index (χ0) is 15.5. The number of hydroxylamine groups is 1. The van der Waals surface area contributed by atoms with E-state index >= 15 is 0 Å². The van der Waals surface area contributed by atoms with Gasteiger partial charge < -0.3 is 9.57 Å². The van der Waals surface area contributed by atoms with E-state index in [-0.39, 0.29) is 11.8 Å². The first kappa shape index (κ1) is 14.2. The van der Waals surface area contributed by atoms with Crippen LogP contribution in [0.4, 0.5) is 5.69 Å². The van der Waals surface area contributed by atoms with Crippen LogP contribution in [0.15, 0.2) is 66.4 Å². The fourth-order valence-corrected chi connectivity index (χ4v) is 2.41. The van der Waals surface area contributed by atoms with Crippen LogP contribution in [0.5, 0.6) is 5.75 Å². The number of hydrogen-bond acceptors (Lipinski definition) is 4. The number of para-hydroxylation sites is 1. The van der Waals surface area contributed by atoms with Gasteiger partial charge in [-0.3, -0.25) is 4.79 Å². The van der Waals surface area contributed by atoms with Gasteiger partial charge in [-0.05, 0) is 35.9 Å². The Morgan fingerprint density at radius 3 is 2.36 bits per heavy atom. The molecule has 1 aliphatic rings. The molecule has 1 atom stereocenters. The van der Waals surface area contributed by atoms with Gasteiger partial charge in [0.25, 0.3) is 0 Å². The van der Waals surface area contributed by atoms with Gasteiger partial charge >= 0.3 is 0 Å². The van der Waals surface area contributed by atoms with Crippen LogP contribution in [-0.2, 0) is 9.63 Å². The minimum absolute atomic E-state index is 0.0862. The van der Waals surface area contributed by atoms with Gasteiger partial charge in [0, 0.05) is 6.92 Å². The zero-order valence-electron chi connectivity index (χ0n) is 12.5. The van der Waals surface area contributed by atoms with Crippen LogP contribution >= 0.6 is 0 Å². The number of benzene rings is 2. The van der Waals surface area contributed by atoms with Gasteiger partial charge in [0.05, 0.1) is 12.8 Å². The van der Waals surface area contributed by atoms with Gasteiger partial charge in [-0.2, -0.15) is 5.06 Å². The van der Waals surface area contributed by atoms with Gasteiger partial charge in [0.15, 0.2) is 11.5 Å². The van der Waals surface area contributed by atoms with E-state index in [0.29, 0.717) is 5.76 Å². The molecule has 4 heteroatoms. The number of methoxy groups -OCH3 is 1. The summed E-state index contributed by atoms with van der Waals surface area (Å²) in [5, 5.41) is 1.75. The topological polar surface area (TPSA) is 38.8 Å². The molecule has 0 saturated carbocycles. The molecule has 112 valence electrons. The van der Waals surface area contributed by atoms with Crippen LogP contribution in [0.25, 0.3) is 0 Å². The highest BCUT2D eigenvalue weighted by Crippen LogP contribution is 2.36. The van der Waals surface area contributed by atoms with Crippen molar-refractivity contribution in [3.63, 3.8) is 0 Å². The number of Topliss-reactive ketones (excluding diaryl/α,β-unsaturated/α-hetero) is 1. The third-order valence-electron chi connectivity index (χ3n) is 3.57. The Kier molecular flexibility index (Phi) is 3.83. The van der Waals surface area contributed by atoms with Crippen LogP contribution in [0.2, 0.25) is 0 Å². The highest BCUT2D eigenvalue weighted by atomic mass is 16.7. The van der Waals surface area contributed by atoms with Gasteiger partial charge in [-0.25, -0.2) is 0 Å². The van der Waals surface area contributed by atoms with Crippen LogP contribution in [-0.4, -0.2) is 12.9 Å². The van der Waals surface area contributed by atoms with Crippen LogP contribution < -0.4 is 9.80 Å². The molecule has 0 aromatic heterocycles. The van der Waals surface area contributed by atoms with E-state index in [4.69, 9.17) is 9.57 Å². The minimum atomic E-state index is -0.146. The second-order valence-corrected chi connectivity index (χ2v) is 5.06. The molecule has 2 aromatic carbocycles. The monoisotopic (exact) mass is 295 g/mol. The summed E-state index contributed by atoms with van der Waals surface area (Å²) in [4.78, 5) is 17.4. The summed E-state index contributed by atoms with van der Waals surface area (Å²) in [6.07, 6.45) is 1.84. The average Bonchev–Trinajstić information content (AvgIpc) is 3.01. The number of carbonyl (C=O) groups excluding carboxylic acids is 1. The molecule has 1 unspecified atom stereocenters. The summed E-state index contributed by atoms with van der Waals surface area (Å²) < 4.78 is 5.19. The number of ketones is 1. The molecule has 0 N–H and O–H groups in total. The number of anilines is 1. The molecule has 0 radical (unpaired) electrons. The Morgan fingerprint density at radius 1 is 1.09 bits per heavy atom. The molecule has 1 heterocycles. The largest absolute Gasteiger partial charge is 0.497 e. The standard InChI is InChI=1S/C18H17NO3/c1-13(20)18-12-17(14-8-10-16(21-2)11-9-14)19(22-18)15-6-4-3-5-7-15/h3-12,17H,1-2H3. The quantitative estimate of drug-likeness (QED) is 0.863. The predicted octanol–water partition coefficient (Wildman–Crippen LogP) is 3.66. The molecule has 0 amide bonds. The maximum absolute atomic E-state index is 11.7. The highest BCUT2D eigenvalue weighted by Gasteiger charge is 2.30. The van der Waals surface area contributed by atoms with Crippen molar-refractivity contribution < 1.29 is 14.4 Å². The molecule has 22 heavy (non-hydrogen) atoms. The van der Waals surface area contributed by atoms with Crippen molar-refractivity contribution in [1.82, 2.24) is 0 Å². The first-order chi connectivity index (χ1) is 10.7. The Hall–Kier alpha value is -2.75. The van der Waals surface area contributed by atoms with Gasteiger partial charge in [-0.1, -0.05) is 30.3 Å². The Balaban J connectivity index is 1.97. The lowest BCUT2D eigenvalue weighted by molar-refractivity contribution is -0.116. The lowest BCUT2D eigenvalue weighted by atomic mass is 10.1. The number of hydrogen-bond donors (Lipinski definition) is 0. The average molecular weight is 295 g/mol. The van der Waals surface area contributed by atoms with Crippen molar-refractivity contribution in [3.8, 4) is 5.75 Å². The summed E-state index contributed by atoms with van der Waals surface area (Å²) in [5.41, 5.74) is 1.93. The molecular weight excluding hydrogens is 278 g/mol. The van der Waals surface area contributed by atoms with E-state index in [1.165, 1.54) is 6.92 Å². The fourth-order valence-electron chi connectivity index (χ4n) is 2.41. The molecular formula is C18H17NO3. The second kappa shape index (κ2) is 5.93. The highest BCUT2D eigenvalue weighted by molar-refractivity contribution is 5.92. The Bertz CT molecular complexity index is 692. The van der Waals surface area contributed by atoms with Gasteiger partial charge in [-0.15, -0.1) is 0 Å². The number of rotatable bonds is 4. The number of ether oxygens (including phenoxy) is 1. The van der Waals surface area contributed by atoms with Crippen molar-refractivity contribution in [2.24, 2.45) is 0 Å². The molecule has 1 aliphatic heterocycles. The van der Waals surface area contributed by atoms with Crippen LogP contribution in [0.1, 0.15) is 18.5 Å². The molecule has 0 aliphatic carbocycles. The first-order valence-electron chi connectivity index (χ1n) is 7.08. The van der Waals surface area contributed by atoms with Gasteiger partial charge in [0.1, 0.15) is 11.8 Å². The first-order valence-corrected chi connectivity index (χ1v) is 7.08. The zero-order valence-corrected chi connectivity index (χ0v) is 12.5. The maximum Gasteiger partial charge on any atom is 0.197 e. The lowest BCUT2D eigenvalue weighted by Crippen LogP contribution is -2.22. The van der Waals surface area contributed by atoms with Crippen LogP contribution in [0.3, 0.4) is 0 Å². The molecule has 0 bridgehead atoms. The molecule has 4 nitrogen and oxygen atoms in total. The Labute approximate surface area is 129 Å². The van der Waals surface area contributed by atoms with E-state index in [0.717, 1.165) is 17.0 Å². The number of carbonyl (C=O) groups is 1. The molecule has 0 saturated heterocycles. The molecule has 2 aromatic rings. The third kappa shape index (κ3) is 2.68. The second-order valence-electron chi connectivity index (χ2n) is 5.06. The lowest BCUT2D eigenvalue weighted by Gasteiger charge is -2.25. The SMILES string of the molecule is COc1ccc(C2C=C(C(C)=O)ON2c2ccccc2)cc1. The van der Waals surface area contributed by atoms with E-state index in [1.54, 1.807) is 12.2 Å². The van der Waals surface area contributed by atoms with Crippen LogP contribution in [0, 0.1) is 0 Å². The third-order valence-corrected chi connectivity index (χ3v) is 3.57. The van der Waals surface area contributed by atoms with Crippen molar-refractivity contribution in [3.05, 3.63) is 72.0 Å². The molecule has 3 rings (SSSR count). The predicted molar refractivity (Wildman–Crippen MR) is 84.5 cm³/mol. The minimum Gasteiger partial charge on any atom is -0.497 e. The van der Waals surface area contributed by atoms with Crippen molar-refractivity contribution in [1.29, 1.82) is 0 Å². The summed E-state index contributed by atoms with van der Waals surface area (Å²) in [6, 6.07) is 17.3. The maximum atomic E-state index is 11.7. The summed E-state index contributed by atoms with van der Waals surface area (Å²) in [7, 11) is 1.64. The molecule has 0 fully saturated rings. The summed E-state index contributed by atoms with van der Waals surface area (Å²) >= 11 is 0. The smallest absolute Gasteiger partial charge is 0.197 e. The molecule has 0 spiro atoms. The van der Waals surface area contributed by atoms with Gasteiger partial charge in [0.2, 0.25) is 0 Å². The Morgan fingerprint density at radius 2 is 1.77 bits per heavy atom.